The Labute approximate surface area is 165 Å². The van der Waals surface area contributed by atoms with Crippen LogP contribution in [0.15, 0.2) is 35.9 Å². The van der Waals surface area contributed by atoms with Crippen LogP contribution in [0.3, 0.4) is 0 Å². The fraction of sp³-hybridized carbons (Fsp3) is 0.455. The Morgan fingerprint density at radius 1 is 1.21 bits per heavy atom. The van der Waals surface area contributed by atoms with E-state index in [2.05, 4.69) is 30.0 Å². The molecule has 1 aromatic carbocycles. The molecular formula is C22H23N5O. The summed E-state index contributed by atoms with van der Waals surface area (Å²) in [7, 11) is 1.59. The molecule has 1 fully saturated rings. The standard InChI is InChI=1S/C22H23N5O/c1-3-9-27-10-8-17-18(11-23)21(26)22(13-24,14-25)20(19(17)12-27)15-4-6-16(28-2)7-5-15/h4-8,18-20,26H,3,9-10,12H2,1-2H3/t18?,19-,20+/m1/s1. The van der Waals surface area contributed by atoms with Crippen molar-refractivity contribution < 1.29 is 4.74 Å². The third-order valence-electron chi connectivity index (χ3n) is 5.88. The normalized spacial score (nSPS) is 26.2. The molecule has 1 saturated carbocycles. The maximum absolute atomic E-state index is 10.0. The summed E-state index contributed by atoms with van der Waals surface area (Å²) in [6.45, 7) is 4.43. The van der Waals surface area contributed by atoms with Gasteiger partial charge in [-0.05, 0) is 36.2 Å². The van der Waals surface area contributed by atoms with Crippen LogP contribution < -0.4 is 4.74 Å². The average molecular weight is 373 g/mol. The lowest BCUT2D eigenvalue weighted by Crippen LogP contribution is -2.52. The molecule has 1 unspecified atom stereocenters. The molecule has 0 spiro atoms. The number of benzene rings is 1. The summed E-state index contributed by atoms with van der Waals surface area (Å²) in [5.74, 6) is -0.790. The molecule has 142 valence electrons. The first-order valence-corrected chi connectivity index (χ1v) is 9.43. The summed E-state index contributed by atoms with van der Waals surface area (Å²) in [5, 5.41) is 38.4. The number of nitrogens with zero attached hydrogens (tertiary/aromatic N) is 4. The highest BCUT2D eigenvalue weighted by Gasteiger charge is 2.57. The monoisotopic (exact) mass is 373 g/mol. The summed E-state index contributed by atoms with van der Waals surface area (Å²) < 4.78 is 5.24. The number of nitriles is 3. The summed E-state index contributed by atoms with van der Waals surface area (Å²) in [6.07, 6.45) is 3.03. The van der Waals surface area contributed by atoms with Gasteiger partial charge in [0.25, 0.3) is 0 Å². The van der Waals surface area contributed by atoms with Gasteiger partial charge >= 0.3 is 0 Å². The van der Waals surface area contributed by atoms with Crippen LogP contribution in [0.1, 0.15) is 24.8 Å². The van der Waals surface area contributed by atoms with Gasteiger partial charge in [-0.3, -0.25) is 4.90 Å². The Morgan fingerprint density at radius 3 is 2.43 bits per heavy atom. The number of nitrogens with one attached hydrogen (secondary N) is 1. The molecule has 6 nitrogen and oxygen atoms in total. The summed E-state index contributed by atoms with van der Waals surface area (Å²) in [5.41, 5.74) is -0.0694. The van der Waals surface area contributed by atoms with Gasteiger partial charge in [0, 0.05) is 24.9 Å². The molecule has 3 rings (SSSR count). The predicted molar refractivity (Wildman–Crippen MR) is 105 cm³/mol. The third-order valence-corrected chi connectivity index (χ3v) is 5.88. The lowest BCUT2D eigenvalue weighted by Gasteiger charge is -2.47. The summed E-state index contributed by atoms with van der Waals surface area (Å²) in [4.78, 5) is 2.29. The smallest absolute Gasteiger partial charge is 0.189 e. The van der Waals surface area contributed by atoms with Crippen LogP contribution in [0.5, 0.6) is 5.75 Å². The number of rotatable bonds is 4. The van der Waals surface area contributed by atoms with Gasteiger partial charge in [-0.15, -0.1) is 0 Å². The lowest BCUT2D eigenvalue weighted by molar-refractivity contribution is 0.204. The van der Waals surface area contributed by atoms with Gasteiger partial charge in [0.1, 0.15) is 11.7 Å². The molecule has 1 aliphatic heterocycles. The molecule has 0 radical (unpaired) electrons. The minimum absolute atomic E-state index is 0.104. The van der Waals surface area contributed by atoms with Gasteiger partial charge in [-0.2, -0.15) is 15.8 Å². The predicted octanol–water partition coefficient (Wildman–Crippen LogP) is 3.25. The van der Waals surface area contributed by atoms with E-state index in [9.17, 15) is 15.8 Å². The van der Waals surface area contributed by atoms with Crippen LogP contribution in [0, 0.1) is 56.7 Å². The second-order valence-electron chi connectivity index (χ2n) is 7.33. The number of methoxy groups -OCH3 is 1. The Bertz CT molecular complexity index is 898. The Balaban J connectivity index is 2.18. The van der Waals surface area contributed by atoms with Gasteiger partial charge in [0.2, 0.25) is 0 Å². The van der Waals surface area contributed by atoms with E-state index in [1.54, 1.807) is 7.11 Å². The van der Waals surface area contributed by atoms with Crippen LogP contribution in [0.25, 0.3) is 0 Å². The van der Waals surface area contributed by atoms with Gasteiger partial charge in [-0.25, -0.2) is 0 Å². The average Bonchev–Trinajstić information content (AvgIpc) is 2.73. The second kappa shape index (κ2) is 7.85. The van der Waals surface area contributed by atoms with Crippen molar-refractivity contribution in [2.45, 2.75) is 19.3 Å². The van der Waals surface area contributed by atoms with Crippen molar-refractivity contribution >= 4 is 5.71 Å². The number of ether oxygens (including phenoxy) is 1. The third kappa shape index (κ3) is 2.95. The highest BCUT2D eigenvalue weighted by atomic mass is 16.5. The zero-order chi connectivity index (χ0) is 20.3. The Morgan fingerprint density at radius 2 is 1.89 bits per heavy atom. The van der Waals surface area contributed by atoms with Gasteiger partial charge < -0.3 is 10.1 Å². The topological polar surface area (TPSA) is 108 Å². The van der Waals surface area contributed by atoms with Crippen molar-refractivity contribution in [1.82, 2.24) is 4.90 Å². The van der Waals surface area contributed by atoms with Gasteiger partial charge in [-0.1, -0.05) is 25.1 Å². The van der Waals surface area contributed by atoms with Crippen LogP contribution in [0.4, 0.5) is 0 Å². The zero-order valence-electron chi connectivity index (χ0n) is 16.1. The maximum Gasteiger partial charge on any atom is 0.189 e. The highest BCUT2D eigenvalue weighted by molar-refractivity contribution is 6.00. The SMILES string of the molecule is CCCN1CC=C2C(C#N)C(=N)C(C#N)(C#N)[C@@H](c3ccc(OC)cc3)[C@@H]2C1. The van der Waals surface area contributed by atoms with Crippen LogP contribution in [-0.2, 0) is 0 Å². The van der Waals surface area contributed by atoms with Crippen LogP contribution >= 0.6 is 0 Å². The molecule has 1 N–H and O–H groups in total. The minimum atomic E-state index is -1.66. The zero-order valence-corrected chi connectivity index (χ0v) is 16.1. The van der Waals surface area contributed by atoms with E-state index < -0.39 is 17.3 Å². The van der Waals surface area contributed by atoms with E-state index in [4.69, 9.17) is 10.1 Å². The van der Waals surface area contributed by atoms with E-state index in [1.165, 1.54) is 0 Å². The Kier molecular flexibility index (Phi) is 5.50. The molecule has 0 saturated heterocycles. The molecule has 0 bridgehead atoms. The van der Waals surface area contributed by atoms with Crippen molar-refractivity contribution in [3.63, 3.8) is 0 Å². The second-order valence-corrected chi connectivity index (χ2v) is 7.33. The molecule has 0 aromatic heterocycles. The van der Waals surface area contributed by atoms with Gasteiger partial charge in [0.15, 0.2) is 5.41 Å². The van der Waals surface area contributed by atoms with Crippen molar-refractivity contribution in [2.75, 3.05) is 26.7 Å². The van der Waals surface area contributed by atoms with Gasteiger partial charge in [0.05, 0.1) is 31.0 Å². The van der Waals surface area contributed by atoms with E-state index in [0.717, 1.165) is 30.6 Å². The summed E-state index contributed by atoms with van der Waals surface area (Å²) >= 11 is 0. The Hall–Kier alpha value is -3.14. The molecule has 1 aliphatic carbocycles. The van der Waals surface area contributed by atoms with E-state index >= 15 is 0 Å². The van der Waals surface area contributed by atoms with Crippen molar-refractivity contribution in [2.24, 2.45) is 17.3 Å². The van der Waals surface area contributed by atoms with E-state index in [1.807, 2.05) is 30.3 Å². The van der Waals surface area contributed by atoms with E-state index in [0.29, 0.717) is 12.3 Å². The molecule has 28 heavy (non-hydrogen) atoms. The lowest BCUT2D eigenvalue weighted by atomic mass is 9.54. The molecule has 2 aliphatic rings. The molecule has 6 heteroatoms. The number of hydrogen-bond donors (Lipinski definition) is 1. The fourth-order valence-corrected chi connectivity index (χ4v) is 4.55. The molecular weight excluding hydrogens is 350 g/mol. The van der Waals surface area contributed by atoms with E-state index in [-0.39, 0.29) is 11.6 Å². The first-order valence-electron chi connectivity index (χ1n) is 9.43. The first-order chi connectivity index (χ1) is 13.6. The quantitative estimate of drug-likeness (QED) is 0.815. The van der Waals surface area contributed by atoms with Crippen LogP contribution in [0.2, 0.25) is 0 Å². The van der Waals surface area contributed by atoms with Crippen molar-refractivity contribution in [3.05, 3.63) is 41.5 Å². The molecule has 1 aromatic rings. The largest absolute Gasteiger partial charge is 0.497 e. The number of hydrogen-bond acceptors (Lipinski definition) is 6. The summed E-state index contributed by atoms with van der Waals surface area (Å²) in [6, 6.07) is 13.8. The number of fused-ring (bicyclic) bond motifs is 1. The van der Waals surface area contributed by atoms with Crippen LogP contribution in [-0.4, -0.2) is 37.4 Å². The maximum atomic E-state index is 10.0. The van der Waals surface area contributed by atoms with Crippen molar-refractivity contribution in [3.8, 4) is 24.0 Å². The minimum Gasteiger partial charge on any atom is -0.497 e. The fourth-order valence-electron chi connectivity index (χ4n) is 4.55. The first kappa shape index (κ1) is 19.6. The highest BCUT2D eigenvalue weighted by Crippen LogP contribution is 2.53. The molecule has 3 atom stereocenters. The molecule has 0 amide bonds. The van der Waals surface area contributed by atoms with Crippen molar-refractivity contribution in [1.29, 1.82) is 21.2 Å². The molecule has 1 heterocycles.